The number of hydrogen-bond acceptors (Lipinski definition) is 5. The van der Waals surface area contributed by atoms with Crippen molar-refractivity contribution in [3.05, 3.63) is 83.8 Å². The fourth-order valence-corrected chi connectivity index (χ4v) is 3.45. The lowest BCUT2D eigenvalue weighted by Crippen LogP contribution is -2.23. The number of nitrogens with zero attached hydrogens (tertiary/aromatic N) is 3. The van der Waals surface area contributed by atoms with Crippen LogP contribution in [0.15, 0.2) is 71.9 Å². The standard InChI is InChI=1S/C26H25FN4O3/c1-17-10-24(34-16-26(8-9-26)25(32)33)30-13-21(17)20(11-18(2)27)12-28-15-23-29-14-22(31-23)19-6-4-3-5-7-19/h3-7,10-15H,8-9,16H2,1-2H3,(H,29,31)(H,32,33)/b18-11+,20-12+,28-15?. The fraction of sp³-hybridized carbons (Fsp3) is 0.231. The molecular formula is C26H25FN4O3. The summed E-state index contributed by atoms with van der Waals surface area (Å²) in [6, 6.07) is 11.5. The molecule has 7 nitrogen and oxygen atoms in total. The number of rotatable bonds is 9. The molecule has 0 unspecified atom stereocenters. The summed E-state index contributed by atoms with van der Waals surface area (Å²) in [4.78, 5) is 27.4. The van der Waals surface area contributed by atoms with Gasteiger partial charge in [0, 0.05) is 29.6 Å². The number of carbonyl (C=O) groups is 1. The summed E-state index contributed by atoms with van der Waals surface area (Å²) < 4.78 is 19.4. The van der Waals surface area contributed by atoms with E-state index in [4.69, 9.17) is 4.74 Å². The lowest BCUT2D eigenvalue weighted by molar-refractivity contribution is -0.144. The number of allylic oxidation sites excluding steroid dienone is 3. The molecule has 0 amide bonds. The number of pyridine rings is 1. The molecule has 0 saturated heterocycles. The molecule has 1 aromatic carbocycles. The van der Waals surface area contributed by atoms with Crippen LogP contribution in [0.25, 0.3) is 16.8 Å². The number of aromatic amines is 1. The van der Waals surface area contributed by atoms with Crippen molar-refractivity contribution in [2.24, 2.45) is 10.4 Å². The highest BCUT2D eigenvalue weighted by Gasteiger charge is 2.51. The van der Waals surface area contributed by atoms with Crippen LogP contribution in [0.3, 0.4) is 0 Å². The first kappa shape index (κ1) is 23.1. The van der Waals surface area contributed by atoms with E-state index >= 15 is 0 Å². The van der Waals surface area contributed by atoms with Crippen molar-refractivity contribution in [3.63, 3.8) is 0 Å². The molecule has 0 bridgehead atoms. The van der Waals surface area contributed by atoms with Crippen LogP contribution in [0.1, 0.15) is 36.7 Å². The molecule has 1 aliphatic carbocycles. The highest BCUT2D eigenvalue weighted by atomic mass is 19.1. The number of carboxylic acids is 1. The van der Waals surface area contributed by atoms with E-state index in [9.17, 15) is 14.3 Å². The summed E-state index contributed by atoms with van der Waals surface area (Å²) in [5.74, 6) is -0.314. The van der Waals surface area contributed by atoms with Crippen molar-refractivity contribution >= 4 is 17.8 Å². The number of nitrogens with one attached hydrogen (secondary N) is 1. The van der Waals surface area contributed by atoms with E-state index in [2.05, 4.69) is 19.9 Å². The van der Waals surface area contributed by atoms with E-state index in [1.165, 1.54) is 13.0 Å². The number of hydrogen-bond donors (Lipinski definition) is 2. The molecule has 1 saturated carbocycles. The zero-order chi connectivity index (χ0) is 24.1. The van der Waals surface area contributed by atoms with Crippen LogP contribution in [-0.4, -0.2) is 38.8 Å². The van der Waals surface area contributed by atoms with Gasteiger partial charge in [-0.2, -0.15) is 0 Å². The summed E-state index contributed by atoms with van der Waals surface area (Å²) in [5, 5.41) is 9.29. The van der Waals surface area contributed by atoms with Gasteiger partial charge in [-0.1, -0.05) is 30.3 Å². The summed E-state index contributed by atoms with van der Waals surface area (Å²) in [6.45, 7) is 3.29. The van der Waals surface area contributed by atoms with E-state index in [1.807, 2.05) is 37.3 Å². The zero-order valence-electron chi connectivity index (χ0n) is 19.0. The zero-order valence-corrected chi connectivity index (χ0v) is 19.0. The number of ether oxygens (including phenoxy) is 1. The number of aliphatic imine (C=N–C) groups is 1. The molecule has 1 fully saturated rings. The topological polar surface area (TPSA) is 100 Å². The molecule has 4 rings (SSSR count). The second-order valence-corrected chi connectivity index (χ2v) is 8.35. The first-order valence-corrected chi connectivity index (χ1v) is 10.9. The van der Waals surface area contributed by atoms with Gasteiger partial charge in [-0.05, 0) is 43.9 Å². The number of aryl methyl sites for hydroxylation is 1. The lowest BCUT2D eigenvalue weighted by atomic mass is 10.0. The third-order valence-electron chi connectivity index (χ3n) is 5.65. The molecule has 3 aromatic rings. The Labute approximate surface area is 196 Å². The van der Waals surface area contributed by atoms with Crippen LogP contribution in [-0.2, 0) is 4.79 Å². The van der Waals surface area contributed by atoms with Gasteiger partial charge in [0.25, 0.3) is 0 Å². The smallest absolute Gasteiger partial charge is 0.313 e. The molecule has 2 N–H and O–H groups in total. The Kier molecular flexibility index (Phi) is 6.67. The first-order chi connectivity index (χ1) is 16.4. The fourth-order valence-electron chi connectivity index (χ4n) is 3.45. The van der Waals surface area contributed by atoms with Gasteiger partial charge in [0.05, 0.1) is 23.9 Å². The molecule has 0 spiro atoms. The third-order valence-corrected chi connectivity index (χ3v) is 5.65. The Bertz CT molecular complexity index is 1270. The quantitative estimate of drug-likeness (QED) is 0.331. The number of imidazole rings is 1. The summed E-state index contributed by atoms with van der Waals surface area (Å²) in [7, 11) is 0. The van der Waals surface area contributed by atoms with E-state index < -0.39 is 11.4 Å². The minimum atomic E-state index is -0.847. The number of H-pyrrole nitrogens is 1. The number of aromatic nitrogens is 3. The minimum Gasteiger partial charge on any atom is -0.481 e. The van der Waals surface area contributed by atoms with Crippen LogP contribution in [0, 0.1) is 12.3 Å². The van der Waals surface area contributed by atoms with Crippen molar-refractivity contribution < 1.29 is 19.0 Å². The maximum atomic E-state index is 13.8. The maximum absolute atomic E-state index is 13.8. The summed E-state index contributed by atoms with van der Waals surface area (Å²) in [6.07, 6.45) is 9.00. The Balaban J connectivity index is 1.51. The third kappa shape index (κ3) is 5.46. The normalized spacial score (nSPS) is 15.5. The van der Waals surface area contributed by atoms with Crippen molar-refractivity contribution in [2.75, 3.05) is 6.61 Å². The van der Waals surface area contributed by atoms with Crippen molar-refractivity contribution in [2.45, 2.75) is 26.7 Å². The average Bonchev–Trinajstić information content (AvgIpc) is 3.48. The lowest BCUT2D eigenvalue weighted by Gasteiger charge is -2.13. The van der Waals surface area contributed by atoms with Crippen molar-refractivity contribution in [1.82, 2.24) is 15.0 Å². The Morgan fingerprint density at radius 1 is 1.26 bits per heavy atom. The van der Waals surface area contributed by atoms with Crippen molar-refractivity contribution in [1.29, 1.82) is 0 Å². The van der Waals surface area contributed by atoms with E-state index in [0.29, 0.717) is 35.7 Å². The van der Waals surface area contributed by atoms with Gasteiger partial charge in [-0.25, -0.2) is 14.4 Å². The Morgan fingerprint density at radius 2 is 2.03 bits per heavy atom. The number of aliphatic carboxylic acids is 1. The molecule has 2 aromatic heterocycles. The molecule has 2 heterocycles. The first-order valence-electron chi connectivity index (χ1n) is 10.9. The molecule has 0 aliphatic heterocycles. The molecule has 0 radical (unpaired) electrons. The van der Waals surface area contributed by atoms with Gasteiger partial charge in [-0.15, -0.1) is 0 Å². The molecule has 34 heavy (non-hydrogen) atoms. The molecule has 1 aliphatic rings. The molecule has 174 valence electrons. The predicted molar refractivity (Wildman–Crippen MR) is 128 cm³/mol. The Hall–Kier alpha value is -4.07. The second kappa shape index (κ2) is 9.82. The van der Waals surface area contributed by atoms with Gasteiger partial charge >= 0.3 is 5.97 Å². The largest absolute Gasteiger partial charge is 0.481 e. The minimum absolute atomic E-state index is 0.0821. The van der Waals surface area contributed by atoms with Gasteiger partial charge in [0.1, 0.15) is 17.8 Å². The van der Waals surface area contributed by atoms with Gasteiger partial charge in [0.2, 0.25) is 5.88 Å². The van der Waals surface area contributed by atoms with Crippen LogP contribution in [0.2, 0.25) is 0 Å². The van der Waals surface area contributed by atoms with Gasteiger partial charge in [0.15, 0.2) is 0 Å². The maximum Gasteiger partial charge on any atom is 0.313 e. The van der Waals surface area contributed by atoms with Gasteiger partial charge in [-0.3, -0.25) is 9.79 Å². The molecule has 0 atom stereocenters. The predicted octanol–water partition coefficient (Wildman–Crippen LogP) is 5.36. The summed E-state index contributed by atoms with van der Waals surface area (Å²) >= 11 is 0. The second-order valence-electron chi connectivity index (χ2n) is 8.35. The highest BCUT2D eigenvalue weighted by Crippen LogP contribution is 2.46. The monoisotopic (exact) mass is 460 g/mol. The van der Waals surface area contributed by atoms with Crippen LogP contribution in [0.4, 0.5) is 4.39 Å². The van der Waals surface area contributed by atoms with E-state index in [0.717, 1.165) is 16.8 Å². The van der Waals surface area contributed by atoms with Crippen LogP contribution in [0.5, 0.6) is 5.88 Å². The van der Waals surface area contributed by atoms with Crippen molar-refractivity contribution in [3.8, 4) is 17.1 Å². The van der Waals surface area contributed by atoms with Crippen LogP contribution >= 0.6 is 0 Å². The van der Waals surface area contributed by atoms with E-state index in [-0.39, 0.29) is 12.4 Å². The van der Waals surface area contributed by atoms with E-state index in [1.54, 1.807) is 30.9 Å². The summed E-state index contributed by atoms with van der Waals surface area (Å²) in [5.41, 5.74) is 3.11. The molecular weight excluding hydrogens is 435 g/mol. The average molecular weight is 461 g/mol. The number of carboxylic acid groups (broad SMARTS) is 1. The highest BCUT2D eigenvalue weighted by molar-refractivity contribution is 5.81. The SMILES string of the molecule is C/C(F)=C\C(=C/N=Cc1ncc(-c2ccccc2)[nH]1)c1cnc(OCC2(C(=O)O)CC2)cc1C. The number of benzene rings is 1. The van der Waals surface area contributed by atoms with Crippen LogP contribution < -0.4 is 4.74 Å². The number of halogens is 1. The Morgan fingerprint density at radius 3 is 2.68 bits per heavy atom. The van der Waals surface area contributed by atoms with Gasteiger partial charge < -0.3 is 14.8 Å². The molecule has 8 heteroatoms.